The second kappa shape index (κ2) is 9.17. The van der Waals surface area contributed by atoms with E-state index in [2.05, 4.69) is 5.10 Å². The van der Waals surface area contributed by atoms with E-state index in [9.17, 15) is 43.9 Å². The fraction of sp³-hybridized carbons (Fsp3) is 0.222. The molecule has 1 amide bonds. The van der Waals surface area contributed by atoms with Crippen LogP contribution in [0.2, 0.25) is 5.02 Å². The van der Waals surface area contributed by atoms with Gasteiger partial charge in [-0.3, -0.25) is 4.79 Å². The van der Waals surface area contributed by atoms with Crippen LogP contribution in [0.25, 0.3) is 0 Å². The molecular formula is C18H13ClF7N3O3S. The van der Waals surface area contributed by atoms with Crippen molar-refractivity contribution in [2.75, 3.05) is 5.32 Å². The molecule has 6 nitrogen and oxygen atoms in total. The van der Waals surface area contributed by atoms with Crippen LogP contribution < -0.4 is 10.1 Å². The molecule has 33 heavy (non-hydrogen) atoms. The Kier molecular flexibility index (Phi) is 7.33. The summed E-state index contributed by atoms with van der Waals surface area (Å²) in [6.45, 7) is 1.36. The van der Waals surface area contributed by atoms with Crippen molar-refractivity contribution >= 4 is 38.9 Å². The first-order valence-corrected chi connectivity index (χ1v) is 10.4. The van der Waals surface area contributed by atoms with E-state index >= 15 is 0 Å². The first-order valence-electron chi connectivity index (χ1n) is 8.55. The Balaban J connectivity index is 2.13. The van der Waals surface area contributed by atoms with Crippen molar-refractivity contribution in [2.24, 2.45) is 5.10 Å². The third-order valence-corrected chi connectivity index (χ3v) is 5.53. The number of nitrogens with zero attached hydrogens (tertiary/aromatic N) is 1. The number of benzene rings is 2. The number of sulfonamides is 1. The van der Waals surface area contributed by atoms with Crippen LogP contribution in [0.1, 0.15) is 12.5 Å². The van der Waals surface area contributed by atoms with Crippen LogP contribution in [0.3, 0.4) is 0 Å². The summed E-state index contributed by atoms with van der Waals surface area (Å²) in [5.74, 6) is -15.5. The molecule has 2 aromatic carbocycles. The monoisotopic (exact) mass is 519 g/mol. The summed E-state index contributed by atoms with van der Waals surface area (Å²) in [6, 6.07) is 9.23. The summed E-state index contributed by atoms with van der Waals surface area (Å²) in [7, 11) is -4.05. The lowest BCUT2D eigenvalue weighted by molar-refractivity contribution is -0.343. The number of nitrogens with one attached hydrogen (secondary N) is 2. The van der Waals surface area contributed by atoms with Crippen molar-refractivity contribution in [3.05, 3.63) is 59.1 Å². The van der Waals surface area contributed by atoms with Crippen molar-refractivity contribution in [1.29, 1.82) is 0 Å². The zero-order valence-electron chi connectivity index (χ0n) is 16.2. The molecule has 0 aliphatic heterocycles. The summed E-state index contributed by atoms with van der Waals surface area (Å²) in [5.41, 5.74) is -0.241. The fourth-order valence-corrected chi connectivity index (χ4v) is 3.17. The van der Waals surface area contributed by atoms with Crippen LogP contribution in [0.15, 0.2) is 58.5 Å². The Hall–Kier alpha value is -2.87. The van der Waals surface area contributed by atoms with E-state index in [4.69, 9.17) is 11.6 Å². The summed E-state index contributed by atoms with van der Waals surface area (Å²) < 4.78 is 114. The van der Waals surface area contributed by atoms with E-state index < -0.39 is 39.6 Å². The number of anilines is 1. The molecule has 0 radical (unpaired) electrons. The second-order valence-corrected chi connectivity index (χ2v) is 8.52. The average molecular weight is 520 g/mol. The van der Waals surface area contributed by atoms with Crippen LogP contribution in [0, 0.1) is 0 Å². The fourth-order valence-electron chi connectivity index (χ4n) is 2.18. The van der Waals surface area contributed by atoms with Crippen LogP contribution >= 0.6 is 11.6 Å². The Labute approximate surface area is 187 Å². The molecule has 0 bridgehead atoms. The van der Waals surface area contributed by atoms with E-state index in [-0.39, 0.29) is 16.2 Å². The highest BCUT2D eigenvalue weighted by molar-refractivity contribution is 7.89. The molecular weight excluding hydrogens is 507 g/mol. The van der Waals surface area contributed by atoms with Gasteiger partial charge < -0.3 is 5.32 Å². The van der Waals surface area contributed by atoms with Gasteiger partial charge >= 0.3 is 23.9 Å². The lowest BCUT2D eigenvalue weighted by atomic mass is 10.1. The maximum atomic E-state index is 13.4. The van der Waals surface area contributed by atoms with Gasteiger partial charge in [0.1, 0.15) is 0 Å². The predicted octanol–water partition coefficient (Wildman–Crippen LogP) is 4.81. The number of hydrogen-bond acceptors (Lipinski definition) is 4. The average Bonchev–Trinajstić information content (AvgIpc) is 2.72. The highest BCUT2D eigenvalue weighted by Gasteiger charge is 2.76. The lowest BCUT2D eigenvalue weighted by Gasteiger charge is -2.27. The van der Waals surface area contributed by atoms with Crippen molar-refractivity contribution < 1.29 is 43.9 Å². The summed E-state index contributed by atoms with van der Waals surface area (Å²) in [6.07, 6.45) is -6.65. The van der Waals surface area contributed by atoms with Gasteiger partial charge in [0.25, 0.3) is 10.0 Å². The molecule has 0 heterocycles. The van der Waals surface area contributed by atoms with E-state index in [1.54, 1.807) is 0 Å². The number of hydrogen-bond donors (Lipinski definition) is 2. The molecule has 0 saturated carbocycles. The van der Waals surface area contributed by atoms with Crippen molar-refractivity contribution in [3.63, 3.8) is 0 Å². The van der Waals surface area contributed by atoms with E-state index in [0.29, 0.717) is 5.02 Å². The summed E-state index contributed by atoms with van der Waals surface area (Å²) in [4.78, 5) is 13.2. The van der Waals surface area contributed by atoms with Gasteiger partial charge in [-0.05, 0) is 48.9 Å². The first-order chi connectivity index (χ1) is 15.0. The molecule has 0 spiro atoms. The zero-order valence-corrected chi connectivity index (χ0v) is 17.8. The second-order valence-electron chi connectivity index (χ2n) is 6.42. The molecule has 180 valence electrons. The van der Waals surface area contributed by atoms with Gasteiger partial charge in [-0.1, -0.05) is 23.7 Å². The quantitative estimate of drug-likeness (QED) is 0.312. The normalized spacial score (nSPS) is 13.5. The number of alkyl halides is 7. The maximum absolute atomic E-state index is 13.4. The third kappa shape index (κ3) is 5.74. The number of rotatable bonds is 7. The third-order valence-electron chi connectivity index (χ3n) is 4.05. The summed E-state index contributed by atoms with van der Waals surface area (Å²) in [5, 5.41) is 5.25. The number of amides is 1. The number of carbonyl (C=O) groups is 1. The van der Waals surface area contributed by atoms with E-state index in [1.165, 1.54) is 36.5 Å². The molecule has 0 saturated heterocycles. The van der Waals surface area contributed by atoms with Gasteiger partial charge in [0.15, 0.2) is 0 Å². The molecule has 0 aliphatic carbocycles. The van der Waals surface area contributed by atoms with Gasteiger partial charge in [-0.15, -0.1) is 0 Å². The van der Waals surface area contributed by atoms with Crippen molar-refractivity contribution in [1.82, 2.24) is 4.83 Å². The molecule has 15 heteroatoms. The highest BCUT2D eigenvalue weighted by atomic mass is 35.5. The van der Waals surface area contributed by atoms with Crippen molar-refractivity contribution in [3.8, 4) is 0 Å². The Morgan fingerprint density at radius 1 is 0.909 bits per heavy atom. The van der Waals surface area contributed by atoms with E-state index in [0.717, 1.165) is 24.3 Å². The minimum atomic E-state index is -6.65. The lowest BCUT2D eigenvalue weighted by Crippen LogP contribution is -2.57. The van der Waals surface area contributed by atoms with Gasteiger partial charge in [-0.25, -0.2) is 0 Å². The standard InChI is InChI=1S/C18H13ClF7N3O3S/c1-10(28-29-33(31,32)14-8-4-12(19)5-9-14)11-2-6-13(7-3-11)27-15(30)16(20,21)17(22,23)18(24,25)26/h2-9,29H,1H3,(H,27,30). The molecule has 0 atom stereocenters. The molecule has 0 unspecified atom stereocenters. The Morgan fingerprint density at radius 2 is 1.42 bits per heavy atom. The summed E-state index contributed by atoms with van der Waals surface area (Å²) >= 11 is 5.68. The largest absolute Gasteiger partial charge is 0.460 e. The van der Waals surface area contributed by atoms with Gasteiger partial charge in [0.2, 0.25) is 0 Å². The molecule has 2 aromatic rings. The topological polar surface area (TPSA) is 87.6 Å². The molecule has 0 aromatic heterocycles. The predicted molar refractivity (Wildman–Crippen MR) is 105 cm³/mol. The zero-order chi connectivity index (χ0) is 25.2. The molecule has 2 N–H and O–H groups in total. The molecule has 0 fully saturated rings. The number of carbonyl (C=O) groups excluding carboxylic acids is 1. The van der Waals surface area contributed by atoms with Gasteiger partial charge in [-0.2, -0.15) is 49.1 Å². The minimum Gasteiger partial charge on any atom is -0.321 e. The van der Waals surface area contributed by atoms with Gasteiger partial charge in [0.05, 0.1) is 10.6 Å². The SMILES string of the molecule is CC(=NNS(=O)(=O)c1ccc(Cl)cc1)c1ccc(NC(=O)C(F)(F)C(F)(F)C(F)(F)F)cc1. The van der Waals surface area contributed by atoms with Crippen LogP contribution in [-0.4, -0.2) is 38.1 Å². The van der Waals surface area contributed by atoms with E-state index in [1.807, 2.05) is 4.83 Å². The van der Waals surface area contributed by atoms with Crippen molar-refractivity contribution in [2.45, 2.75) is 29.8 Å². The number of hydrazone groups is 1. The molecule has 2 rings (SSSR count). The maximum Gasteiger partial charge on any atom is 0.460 e. The molecule has 0 aliphatic rings. The smallest absolute Gasteiger partial charge is 0.321 e. The number of halogens is 8. The first kappa shape index (κ1) is 26.4. The Bertz CT molecular complexity index is 1150. The van der Waals surface area contributed by atoms with Crippen LogP contribution in [0.4, 0.5) is 36.4 Å². The Morgan fingerprint density at radius 3 is 1.91 bits per heavy atom. The minimum absolute atomic E-state index is 0.0688. The van der Waals surface area contributed by atoms with Gasteiger partial charge in [0, 0.05) is 10.7 Å². The highest BCUT2D eigenvalue weighted by Crippen LogP contribution is 2.46. The van der Waals surface area contributed by atoms with Crippen LogP contribution in [0.5, 0.6) is 0 Å². The van der Waals surface area contributed by atoms with Crippen LogP contribution in [-0.2, 0) is 14.8 Å².